The van der Waals surface area contributed by atoms with E-state index in [0.717, 1.165) is 0 Å². The summed E-state index contributed by atoms with van der Waals surface area (Å²) in [7, 11) is 0. The number of carboxylic acid groups (broad SMARTS) is 1. The van der Waals surface area contributed by atoms with E-state index < -0.39 is 17.5 Å². The van der Waals surface area contributed by atoms with E-state index in [0.29, 0.717) is 25.1 Å². The van der Waals surface area contributed by atoms with Crippen molar-refractivity contribution in [1.29, 1.82) is 0 Å². The summed E-state index contributed by atoms with van der Waals surface area (Å²) < 4.78 is 5.61. The molecule has 1 aliphatic rings. The zero-order valence-electron chi connectivity index (χ0n) is 12.4. The molecule has 0 radical (unpaired) electrons. The van der Waals surface area contributed by atoms with E-state index >= 15 is 0 Å². The minimum Gasteiger partial charge on any atom is -0.481 e. The van der Waals surface area contributed by atoms with Crippen LogP contribution in [0.15, 0.2) is 30.3 Å². The maximum atomic E-state index is 12.4. The van der Waals surface area contributed by atoms with Crippen molar-refractivity contribution in [2.75, 3.05) is 13.1 Å². The van der Waals surface area contributed by atoms with E-state index in [9.17, 15) is 14.7 Å². The van der Waals surface area contributed by atoms with E-state index in [1.165, 1.54) is 0 Å². The van der Waals surface area contributed by atoms with Crippen LogP contribution in [0.5, 0.6) is 5.75 Å². The Labute approximate surface area is 124 Å². The summed E-state index contributed by atoms with van der Waals surface area (Å²) >= 11 is 0. The van der Waals surface area contributed by atoms with Gasteiger partial charge in [0.05, 0.1) is 5.41 Å². The molecule has 1 heterocycles. The average Bonchev–Trinajstić information content (AvgIpc) is 2.93. The number of para-hydroxylation sites is 1. The van der Waals surface area contributed by atoms with E-state index in [2.05, 4.69) is 0 Å². The third kappa shape index (κ3) is 3.17. The first-order valence-electron chi connectivity index (χ1n) is 7.22. The molecule has 1 amide bonds. The predicted molar refractivity (Wildman–Crippen MR) is 78.1 cm³/mol. The van der Waals surface area contributed by atoms with Crippen LogP contribution in [0.2, 0.25) is 0 Å². The molecule has 0 saturated carbocycles. The minimum absolute atomic E-state index is 0.157. The predicted octanol–water partition coefficient (Wildman–Crippen LogP) is 2.17. The van der Waals surface area contributed by atoms with Gasteiger partial charge in [0.15, 0.2) is 6.10 Å². The van der Waals surface area contributed by atoms with Gasteiger partial charge in [0.25, 0.3) is 5.91 Å². The first kappa shape index (κ1) is 15.4. The largest absolute Gasteiger partial charge is 0.481 e. The lowest BCUT2D eigenvalue weighted by Gasteiger charge is -2.25. The van der Waals surface area contributed by atoms with Gasteiger partial charge in [0.2, 0.25) is 0 Å². The Morgan fingerprint density at radius 3 is 2.57 bits per heavy atom. The number of carbonyl (C=O) groups excluding carboxylic acids is 1. The lowest BCUT2D eigenvalue weighted by Crippen LogP contribution is -2.42. The van der Waals surface area contributed by atoms with Gasteiger partial charge in [-0.1, -0.05) is 25.1 Å². The standard InChI is InChI=1S/C16H21NO4/c1-3-16(15(19)20)9-10-17(11-16)14(18)12(2)21-13-7-5-4-6-8-13/h4-8,12H,3,9-11H2,1-2H3,(H,19,20). The second kappa shape index (κ2) is 6.16. The smallest absolute Gasteiger partial charge is 0.311 e. The number of hydrogen-bond donors (Lipinski definition) is 1. The van der Waals surface area contributed by atoms with E-state index in [-0.39, 0.29) is 12.5 Å². The third-order valence-electron chi connectivity index (χ3n) is 4.20. The van der Waals surface area contributed by atoms with Crippen LogP contribution in [0, 0.1) is 5.41 Å². The molecule has 1 aromatic rings. The Morgan fingerprint density at radius 1 is 1.38 bits per heavy atom. The molecular weight excluding hydrogens is 270 g/mol. The number of carboxylic acids is 1. The zero-order chi connectivity index (χ0) is 15.5. The van der Waals surface area contributed by atoms with Gasteiger partial charge in [-0.2, -0.15) is 0 Å². The first-order valence-corrected chi connectivity index (χ1v) is 7.22. The number of likely N-dealkylation sites (tertiary alicyclic amines) is 1. The highest BCUT2D eigenvalue weighted by Crippen LogP contribution is 2.34. The maximum Gasteiger partial charge on any atom is 0.311 e. The summed E-state index contributed by atoms with van der Waals surface area (Å²) in [4.78, 5) is 25.4. The minimum atomic E-state index is -0.822. The molecule has 21 heavy (non-hydrogen) atoms. The van der Waals surface area contributed by atoms with Crippen LogP contribution in [0.3, 0.4) is 0 Å². The topological polar surface area (TPSA) is 66.8 Å². The third-order valence-corrected chi connectivity index (χ3v) is 4.20. The molecule has 0 bridgehead atoms. The molecule has 0 aliphatic carbocycles. The zero-order valence-corrected chi connectivity index (χ0v) is 12.4. The number of nitrogens with zero attached hydrogens (tertiary/aromatic N) is 1. The lowest BCUT2D eigenvalue weighted by molar-refractivity contribution is -0.149. The van der Waals surface area contributed by atoms with Gasteiger partial charge in [0, 0.05) is 13.1 Å². The Kier molecular flexibility index (Phi) is 4.50. The van der Waals surface area contributed by atoms with Crippen LogP contribution in [-0.4, -0.2) is 41.1 Å². The highest BCUT2D eigenvalue weighted by molar-refractivity contribution is 5.83. The summed E-state index contributed by atoms with van der Waals surface area (Å²) in [6.07, 6.45) is 0.414. The Bertz CT molecular complexity index is 516. The SMILES string of the molecule is CCC1(C(=O)O)CCN(C(=O)C(C)Oc2ccccc2)C1. The average molecular weight is 291 g/mol. The van der Waals surface area contributed by atoms with Crippen LogP contribution >= 0.6 is 0 Å². The Hall–Kier alpha value is -2.04. The second-order valence-corrected chi connectivity index (χ2v) is 5.52. The van der Waals surface area contributed by atoms with Crippen LogP contribution in [0.25, 0.3) is 0 Å². The maximum absolute atomic E-state index is 12.4. The molecule has 2 unspecified atom stereocenters. The van der Waals surface area contributed by atoms with E-state index in [4.69, 9.17) is 4.74 Å². The fourth-order valence-corrected chi connectivity index (χ4v) is 2.69. The number of aliphatic carboxylic acids is 1. The van der Waals surface area contributed by atoms with Crippen LogP contribution in [0.4, 0.5) is 0 Å². The normalized spacial score (nSPS) is 22.9. The Morgan fingerprint density at radius 2 is 2.05 bits per heavy atom. The van der Waals surface area contributed by atoms with Gasteiger partial charge in [-0.15, -0.1) is 0 Å². The van der Waals surface area contributed by atoms with Crippen molar-refractivity contribution in [2.45, 2.75) is 32.8 Å². The fraction of sp³-hybridized carbons (Fsp3) is 0.500. The number of carbonyl (C=O) groups is 2. The molecule has 1 fully saturated rings. The van der Waals surface area contributed by atoms with Crippen molar-refractivity contribution in [3.63, 3.8) is 0 Å². The highest BCUT2D eigenvalue weighted by atomic mass is 16.5. The number of rotatable bonds is 5. The van der Waals surface area contributed by atoms with Crippen molar-refractivity contribution in [3.05, 3.63) is 30.3 Å². The number of benzene rings is 1. The van der Waals surface area contributed by atoms with Crippen LogP contribution in [-0.2, 0) is 9.59 Å². The van der Waals surface area contributed by atoms with Gasteiger partial charge in [0.1, 0.15) is 5.75 Å². The first-order chi connectivity index (χ1) is 9.98. The van der Waals surface area contributed by atoms with Gasteiger partial charge in [-0.25, -0.2) is 0 Å². The van der Waals surface area contributed by atoms with Gasteiger partial charge in [-0.05, 0) is 31.9 Å². The van der Waals surface area contributed by atoms with Crippen molar-refractivity contribution in [2.24, 2.45) is 5.41 Å². The second-order valence-electron chi connectivity index (χ2n) is 5.52. The molecule has 0 aromatic heterocycles. The number of ether oxygens (including phenoxy) is 1. The summed E-state index contributed by atoms with van der Waals surface area (Å²) in [6, 6.07) is 9.15. The van der Waals surface area contributed by atoms with Gasteiger partial charge < -0.3 is 14.7 Å². The molecule has 1 aliphatic heterocycles. The van der Waals surface area contributed by atoms with Crippen LogP contribution in [0.1, 0.15) is 26.7 Å². The molecule has 2 atom stereocenters. The monoisotopic (exact) mass is 291 g/mol. The highest BCUT2D eigenvalue weighted by Gasteiger charge is 2.45. The van der Waals surface area contributed by atoms with E-state index in [1.807, 2.05) is 25.1 Å². The quantitative estimate of drug-likeness (QED) is 0.903. The molecule has 1 saturated heterocycles. The van der Waals surface area contributed by atoms with Crippen molar-refractivity contribution < 1.29 is 19.4 Å². The van der Waals surface area contributed by atoms with Crippen molar-refractivity contribution in [1.82, 2.24) is 4.90 Å². The van der Waals surface area contributed by atoms with E-state index in [1.54, 1.807) is 24.0 Å². The van der Waals surface area contributed by atoms with Gasteiger partial charge in [-0.3, -0.25) is 9.59 Å². The molecule has 0 spiro atoms. The van der Waals surface area contributed by atoms with Crippen molar-refractivity contribution >= 4 is 11.9 Å². The molecule has 1 aromatic carbocycles. The Balaban J connectivity index is 1.99. The number of hydrogen-bond acceptors (Lipinski definition) is 3. The molecule has 5 nitrogen and oxygen atoms in total. The van der Waals surface area contributed by atoms with Crippen molar-refractivity contribution in [3.8, 4) is 5.75 Å². The van der Waals surface area contributed by atoms with Crippen LogP contribution < -0.4 is 4.74 Å². The molecular formula is C16H21NO4. The molecule has 2 rings (SSSR count). The molecule has 1 N–H and O–H groups in total. The summed E-state index contributed by atoms with van der Waals surface area (Å²) in [5, 5.41) is 9.37. The summed E-state index contributed by atoms with van der Waals surface area (Å²) in [5.74, 6) is -0.343. The number of amides is 1. The summed E-state index contributed by atoms with van der Waals surface area (Å²) in [6.45, 7) is 4.29. The lowest BCUT2D eigenvalue weighted by atomic mass is 9.84. The fourth-order valence-electron chi connectivity index (χ4n) is 2.69. The molecule has 114 valence electrons. The molecule has 5 heteroatoms. The summed E-state index contributed by atoms with van der Waals surface area (Å²) in [5.41, 5.74) is -0.803. The van der Waals surface area contributed by atoms with Gasteiger partial charge >= 0.3 is 5.97 Å².